The second kappa shape index (κ2) is 4.89. The maximum Gasteiger partial charge on any atom is 0.149 e. The first-order chi connectivity index (χ1) is 8.44. The minimum atomic E-state index is -3.00. The number of fused-ring (bicyclic) bond motifs is 1. The highest BCUT2D eigenvalue weighted by atomic mass is 32.2. The summed E-state index contributed by atoms with van der Waals surface area (Å²) in [6.45, 7) is 1.80. The Morgan fingerprint density at radius 1 is 1.28 bits per heavy atom. The van der Waals surface area contributed by atoms with Crippen LogP contribution in [0.1, 0.15) is 6.92 Å². The average molecular weight is 265 g/mol. The summed E-state index contributed by atoms with van der Waals surface area (Å²) in [6.07, 6.45) is 2.83. The zero-order chi connectivity index (χ0) is 13.2. The Morgan fingerprint density at radius 3 is 2.61 bits per heavy atom. The molecule has 1 aromatic heterocycles. The fourth-order valence-electron chi connectivity index (χ4n) is 1.77. The zero-order valence-corrected chi connectivity index (χ0v) is 11.1. The van der Waals surface area contributed by atoms with Crippen LogP contribution in [-0.2, 0) is 9.84 Å². The van der Waals surface area contributed by atoms with E-state index in [0.717, 1.165) is 11.0 Å². The SMILES string of the molecule is CC(CS(C)(=O)=O)Nc1cnc2ccccc2n1. The lowest BCUT2D eigenvalue weighted by Crippen LogP contribution is -2.25. The summed E-state index contributed by atoms with van der Waals surface area (Å²) < 4.78 is 22.3. The van der Waals surface area contributed by atoms with Crippen LogP contribution in [0.2, 0.25) is 0 Å². The van der Waals surface area contributed by atoms with Crippen molar-refractivity contribution in [3.63, 3.8) is 0 Å². The van der Waals surface area contributed by atoms with Gasteiger partial charge in [0.25, 0.3) is 0 Å². The second-order valence-corrected chi connectivity index (χ2v) is 6.57. The number of nitrogens with one attached hydrogen (secondary N) is 1. The molecule has 2 aromatic rings. The van der Waals surface area contributed by atoms with Gasteiger partial charge in [-0.2, -0.15) is 0 Å². The van der Waals surface area contributed by atoms with Gasteiger partial charge in [0.1, 0.15) is 15.7 Å². The maximum atomic E-state index is 11.2. The monoisotopic (exact) mass is 265 g/mol. The van der Waals surface area contributed by atoms with Gasteiger partial charge in [-0.25, -0.2) is 13.4 Å². The maximum absolute atomic E-state index is 11.2. The van der Waals surface area contributed by atoms with Gasteiger partial charge in [-0.3, -0.25) is 4.98 Å². The number of para-hydroxylation sites is 2. The standard InChI is InChI=1S/C12H15N3O2S/c1-9(8-18(2,16)17)14-12-7-13-10-5-3-4-6-11(10)15-12/h3-7,9H,8H2,1-2H3,(H,14,15). The molecule has 5 nitrogen and oxygen atoms in total. The molecule has 18 heavy (non-hydrogen) atoms. The summed E-state index contributed by atoms with van der Waals surface area (Å²) in [6, 6.07) is 7.34. The number of benzene rings is 1. The van der Waals surface area contributed by atoms with Crippen molar-refractivity contribution >= 4 is 26.7 Å². The summed E-state index contributed by atoms with van der Waals surface area (Å²) in [5.41, 5.74) is 1.60. The largest absolute Gasteiger partial charge is 0.365 e. The molecule has 1 unspecified atom stereocenters. The molecule has 1 heterocycles. The molecular formula is C12H15N3O2S. The van der Waals surface area contributed by atoms with E-state index >= 15 is 0 Å². The second-order valence-electron chi connectivity index (χ2n) is 4.38. The highest BCUT2D eigenvalue weighted by Crippen LogP contribution is 2.12. The highest BCUT2D eigenvalue weighted by Gasteiger charge is 2.11. The van der Waals surface area contributed by atoms with Crippen LogP contribution in [-0.4, -0.2) is 36.4 Å². The highest BCUT2D eigenvalue weighted by molar-refractivity contribution is 7.90. The minimum Gasteiger partial charge on any atom is -0.365 e. The molecule has 0 radical (unpaired) electrons. The molecule has 0 spiro atoms. The van der Waals surface area contributed by atoms with Crippen LogP contribution >= 0.6 is 0 Å². The van der Waals surface area contributed by atoms with Crippen LogP contribution < -0.4 is 5.32 Å². The molecule has 0 aliphatic carbocycles. The van der Waals surface area contributed by atoms with Gasteiger partial charge in [-0.05, 0) is 19.1 Å². The van der Waals surface area contributed by atoms with E-state index in [-0.39, 0.29) is 11.8 Å². The van der Waals surface area contributed by atoms with E-state index in [1.807, 2.05) is 24.3 Å². The molecule has 6 heteroatoms. The Morgan fingerprint density at radius 2 is 1.94 bits per heavy atom. The number of anilines is 1. The molecule has 0 amide bonds. The summed E-state index contributed by atoms with van der Waals surface area (Å²) in [5.74, 6) is 0.659. The van der Waals surface area contributed by atoms with E-state index in [1.165, 1.54) is 6.26 Å². The first kappa shape index (κ1) is 12.8. The molecule has 0 saturated carbocycles. The molecule has 0 saturated heterocycles. The molecule has 0 bridgehead atoms. The van der Waals surface area contributed by atoms with E-state index < -0.39 is 9.84 Å². The van der Waals surface area contributed by atoms with Crippen LogP contribution in [0.4, 0.5) is 5.82 Å². The van der Waals surface area contributed by atoms with Crippen LogP contribution in [0.5, 0.6) is 0 Å². The van der Waals surface area contributed by atoms with E-state index in [9.17, 15) is 8.42 Å². The van der Waals surface area contributed by atoms with E-state index in [2.05, 4.69) is 15.3 Å². The van der Waals surface area contributed by atoms with Crippen LogP contribution in [0.3, 0.4) is 0 Å². The molecule has 0 aliphatic heterocycles. The fourth-order valence-corrected chi connectivity index (χ4v) is 2.77. The van der Waals surface area contributed by atoms with Gasteiger partial charge in [-0.15, -0.1) is 0 Å². The van der Waals surface area contributed by atoms with Crippen molar-refractivity contribution < 1.29 is 8.42 Å². The summed E-state index contributed by atoms with van der Waals surface area (Å²) in [5, 5.41) is 3.04. The van der Waals surface area contributed by atoms with Gasteiger partial charge in [0.2, 0.25) is 0 Å². The van der Waals surface area contributed by atoms with Crippen LogP contribution in [0, 0.1) is 0 Å². The predicted molar refractivity (Wildman–Crippen MR) is 72.3 cm³/mol. The quantitative estimate of drug-likeness (QED) is 0.906. The lowest BCUT2D eigenvalue weighted by atomic mass is 10.3. The molecule has 1 aromatic carbocycles. The number of rotatable bonds is 4. The van der Waals surface area contributed by atoms with Gasteiger partial charge >= 0.3 is 0 Å². The van der Waals surface area contributed by atoms with Crippen molar-refractivity contribution in [2.45, 2.75) is 13.0 Å². The molecule has 1 atom stereocenters. The van der Waals surface area contributed by atoms with Crippen LogP contribution in [0.15, 0.2) is 30.5 Å². The normalized spacial score (nSPS) is 13.4. The third-order valence-corrected chi connectivity index (χ3v) is 3.50. The smallest absolute Gasteiger partial charge is 0.149 e. The van der Waals surface area contributed by atoms with Gasteiger partial charge in [0, 0.05) is 12.3 Å². The lowest BCUT2D eigenvalue weighted by Gasteiger charge is -2.13. The summed E-state index contributed by atoms with van der Waals surface area (Å²) in [7, 11) is -3.00. The van der Waals surface area contributed by atoms with Crippen molar-refractivity contribution in [1.29, 1.82) is 0 Å². The van der Waals surface area contributed by atoms with Crippen LogP contribution in [0.25, 0.3) is 11.0 Å². The van der Waals surface area contributed by atoms with Gasteiger partial charge < -0.3 is 5.32 Å². The van der Waals surface area contributed by atoms with E-state index in [4.69, 9.17) is 0 Å². The predicted octanol–water partition coefficient (Wildman–Crippen LogP) is 1.47. The van der Waals surface area contributed by atoms with Gasteiger partial charge in [0.05, 0.1) is 23.0 Å². The molecule has 96 valence electrons. The van der Waals surface area contributed by atoms with E-state index in [0.29, 0.717) is 5.82 Å². The first-order valence-electron chi connectivity index (χ1n) is 5.60. The van der Waals surface area contributed by atoms with Crippen molar-refractivity contribution in [3.8, 4) is 0 Å². The molecule has 0 aliphatic rings. The summed E-state index contributed by atoms with van der Waals surface area (Å²) >= 11 is 0. The minimum absolute atomic E-state index is 0.0709. The Kier molecular flexibility index (Phi) is 3.47. The lowest BCUT2D eigenvalue weighted by molar-refractivity contribution is 0.598. The number of hydrogen-bond donors (Lipinski definition) is 1. The average Bonchev–Trinajstić information content (AvgIpc) is 2.26. The third-order valence-electron chi connectivity index (χ3n) is 2.40. The van der Waals surface area contributed by atoms with Crippen molar-refractivity contribution in [3.05, 3.63) is 30.5 Å². The Bertz CT molecular complexity index is 655. The number of sulfone groups is 1. The van der Waals surface area contributed by atoms with Crippen molar-refractivity contribution in [2.24, 2.45) is 0 Å². The Hall–Kier alpha value is -1.69. The topological polar surface area (TPSA) is 72.0 Å². The number of nitrogens with zero attached hydrogens (tertiary/aromatic N) is 2. The van der Waals surface area contributed by atoms with E-state index in [1.54, 1.807) is 13.1 Å². The first-order valence-corrected chi connectivity index (χ1v) is 7.66. The number of aromatic nitrogens is 2. The summed E-state index contributed by atoms with van der Waals surface area (Å²) in [4.78, 5) is 8.63. The molecule has 0 fully saturated rings. The Labute approximate surface area is 106 Å². The zero-order valence-electron chi connectivity index (χ0n) is 10.3. The van der Waals surface area contributed by atoms with Gasteiger partial charge in [0.15, 0.2) is 0 Å². The molecular weight excluding hydrogens is 250 g/mol. The van der Waals surface area contributed by atoms with Crippen molar-refractivity contribution in [2.75, 3.05) is 17.3 Å². The number of hydrogen-bond acceptors (Lipinski definition) is 5. The molecule has 2 rings (SSSR count). The van der Waals surface area contributed by atoms with Crippen molar-refractivity contribution in [1.82, 2.24) is 9.97 Å². The van der Waals surface area contributed by atoms with Gasteiger partial charge in [-0.1, -0.05) is 12.1 Å². The third kappa shape index (κ3) is 3.40. The molecule has 1 N–H and O–H groups in total. The Balaban J connectivity index is 2.17. The fraction of sp³-hybridized carbons (Fsp3) is 0.333.